The third-order valence-corrected chi connectivity index (χ3v) is 4.59. The molecule has 2 aromatic heterocycles. The van der Waals surface area contributed by atoms with Crippen LogP contribution in [-0.2, 0) is 6.42 Å². The van der Waals surface area contributed by atoms with Gasteiger partial charge in [-0.3, -0.25) is 4.98 Å². The smallest absolute Gasteiger partial charge is 0.545 e. The van der Waals surface area contributed by atoms with Gasteiger partial charge in [0, 0.05) is 29.5 Å². The van der Waals surface area contributed by atoms with E-state index < -0.39 is 5.97 Å². The summed E-state index contributed by atoms with van der Waals surface area (Å²) >= 11 is 0. The van der Waals surface area contributed by atoms with E-state index >= 15 is 0 Å². The summed E-state index contributed by atoms with van der Waals surface area (Å²) in [6, 6.07) is 15.3. The van der Waals surface area contributed by atoms with Crippen molar-refractivity contribution in [3.8, 4) is 5.69 Å². The number of carboxylic acid groups (broad SMARTS) is 1. The molecule has 4 aromatic rings. The van der Waals surface area contributed by atoms with Crippen molar-refractivity contribution in [2.75, 3.05) is 0 Å². The Morgan fingerprint density at radius 1 is 1.11 bits per heavy atom. The van der Waals surface area contributed by atoms with Gasteiger partial charge in [-0.05, 0) is 60.4 Å². The van der Waals surface area contributed by atoms with Crippen LogP contribution < -0.4 is 24.0 Å². The van der Waals surface area contributed by atoms with Gasteiger partial charge < -0.3 is 9.90 Å². The number of nitrogens with zero attached hydrogens (tertiary/aromatic N) is 3. The van der Waals surface area contributed by atoms with E-state index in [1.807, 2.05) is 55.6 Å². The second-order valence-electron chi connectivity index (χ2n) is 6.19. The number of carbonyl (C=O) groups excluding carboxylic acids is 1. The Morgan fingerprint density at radius 2 is 1.89 bits per heavy atom. The molecule has 0 atom stereocenters. The normalized spacial score (nSPS) is 10.6. The molecule has 4 rings (SSSR count). The second-order valence-corrected chi connectivity index (χ2v) is 6.19. The fourth-order valence-electron chi connectivity index (χ4n) is 3.19. The van der Waals surface area contributed by atoms with Crippen molar-refractivity contribution in [1.82, 2.24) is 14.8 Å². The summed E-state index contributed by atoms with van der Waals surface area (Å²) in [5.74, 6) is -1.20. The first-order chi connectivity index (χ1) is 12.6. The number of benzene rings is 2. The average Bonchev–Trinajstić information content (AvgIpc) is 3.19. The van der Waals surface area contributed by atoms with Gasteiger partial charge in [-0.1, -0.05) is 18.2 Å². The van der Waals surface area contributed by atoms with E-state index in [2.05, 4.69) is 10.1 Å². The van der Waals surface area contributed by atoms with Gasteiger partial charge in [0.2, 0.25) is 0 Å². The Labute approximate surface area is 168 Å². The van der Waals surface area contributed by atoms with Crippen LogP contribution in [0.4, 0.5) is 0 Å². The minimum atomic E-state index is -1.20. The fraction of sp³-hybridized carbons (Fsp3) is 0.0952. The first kappa shape index (κ1) is 18.9. The standard InChI is InChI=1S/C21H17N3O2.Li/c1-14-16(13-19(21(25)26)20-18(14)4-2-9-22-20)12-15-5-7-17(8-6-15)24-11-3-10-23-24;/h2-11,13H,12H2,1H3,(H,25,26);/q;+1/p-1. The zero-order valence-electron chi connectivity index (χ0n) is 15.2. The molecule has 0 bridgehead atoms. The van der Waals surface area contributed by atoms with E-state index in [9.17, 15) is 9.90 Å². The largest absolute Gasteiger partial charge is 1.00 e. The van der Waals surface area contributed by atoms with Crippen LogP contribution in [0.5, 0.6) is 0 Å². The quantitative estimate of drug-likeness (QED) is 0.474. The Bertz CT molecular complexity index is 1090. The van der Waals surface area contributed by atoms with Gasteiger partial charge in [0.1, 0.15) is 0 Å². The van der Waals surface area contributed by atoms with E-state index in [1.165, 1.54) is 0 Å². The van der Waals surface area contributed by atoms with Crippen molar-refractivity contribution in [2.45, 2.75) is 13.3 Å². The molecule has 0 radical (unpaired) electrons. The number of aromatic nitrogens is 3. The van der Waals surface area contributed by atoms with Crippen LogP contribution in [0.2, 0.25) is 0 Å². The molecular formula is C21H16LiN3O2. The maximum atomic E-state index is 11.5. The van der Waals surface area contributed by atoms with E-state index in [0.717, 1.165) is 27.8 Å². The van der Waals surface area contributed by atoms with Crippen LogP contribution in [0.1, 0.15) is 27.0 Å². The van der Waals surface area contributed by atoms with Crippen molar-refractivity contribution in [2.24, 2.45) is 0 Å². The predicted molar refractivity (Wildman–Crippen MR) is 97.2 cm³/mol. The van der Waals surface area contributed by atoms with Crippen molar-refractivity contribution in [1.29, 1.82) is 0 Å². The molecule has 0 fully saturated rings. The van der Waals surface area contributed by atoms with Gasteiger partial charge >= 0.3 is 18.9 Å². The number of carboxylic acids is 1. The number of aryl methyl sites for hydroxylation is 1. The summed E-state index contributed by atoms with van der Waals surface area (Å²) in [5.41, 5.74) is 4.67. The molecular weight excluding hydrogens is 333 g/mol. The van der Waals surface area contributed by atoms with Gasteiger partial charge in [0.05, 0.1) is 17.2 Å². The molecule has 0 saturated heterocycles. The van der Waals surface area contributed by atoms with E-state index in [4.69, 9.17) is 0 Å². The molecule has 2 heterocycles. The van der Waals surface area contributed by atoms with Crippen molar-refractivity contribution in [3.63, 3.8) is 0 Å². The number of rotatable bonds is 4. The summed E-state index contributed by atoms with van der Waals surface area (Å²) in [7, 11) is 0. The van der Waals surface area contributed by atoms with Gasteiger partial charge in [0.25, 0.3) is 0 Å². The predicted octanol–water partition coefficient (Wildman–Crippen LogP) is -0.313. The molecule has 2 aromatic carbocycles. The van der Waals surface area contributed by atoms with Gasteiger partial charge in [0.15, 0.2) is 0 Å². The van der Waals surface area contributed by atoms with Crippen LogP contribution in [0.15, 0.2) is 67.1 Å². The zero-order chi connectivity index (χ0) is 18.1. The van der Waals surface area contributed by atoms with Crippen molar-refractivity contribution >= 4 is 16.9 Å². The van der Waals surface area contributed by atoms with Gasteiger partial charge in [-0.25, -0.2) is 4.68 Å². The summed E-state index contributed by atoms with van der Waals surface area (Å²) in [6.45, 7) is 2.00. The average molecular weight is 349 g/mol. The maximum absolute atomic E-state index is 11.5. The Kier molecular flexibility index (Phi) is 5.45. The molecule has 27 heavy (non-hydrogen) atoms. The molecule has 0 saturated carbocycles. The molecule has 6 heteroatoms. The topological polar surface area (TPSA) is 70.8 Å². The summed E-state index contributed by atoms with van der Waals surface area (Å²) in [6.07, 6.45) is 5.86. The minimum absolute atomic E-state index is 0. The Morgan fingerprint density at radius 3 is 2.56 bits per heavy atom. The van der Waals surface area contributed by atoms with E-state index in [-0.39, 0.29) is 24.4 Å². The Hall–Kier alpha value is -2.87. The molecule has 0 aliphatic carbocycles. The summed E-state index contributed by atoms with van der Waals surface area (Å²) in [4.78, 5) is 15.8. The monoisotopic (exact) mass is 349 g/mol. The molecule has 0 aliphatic heterocycles. The van der Waals surface area contributed by atoms with Crippen LogP contribution in [0, 0.1) is 6.92 Å². The number of hydrogen-bond donors (Lipinski definition) is 0. The molecule has 128 valence electrons. The van der Waals surface area contributed by atoms with Crippen LogP contribution >= 0.6 is 0 Å². The molecule has 5 nitrogen and oxygen atoms in total. The fourth-order valence-corrected chi connectivity index (χ4v) is 3.19. The first-order valence-corrected chi connectivity index (χ1v) is 8.31. The van der Waals surface area contributed by atoms with Gasteiger partial charge in [-0.2, -0.15) is 5.10 Å². The number of fused-ring (bicyclic) bond motifs is 1. The molecule has 0 aliphatic rings. The first-order valence-electron chi connectivity index (χ1n) is 8.31. The molecule has 0 amide bonds. The molecule has 0 spiro atoms. The molecule has 0 N–H and O–H groups in total. The minimum Gasteiger partial charge on any atom is -0.545 e. The SMILES string of the molecule is Cc1c(Cc2ccc(-n3cccn3)cc2)cc(C(=O)[O-])c2ncccc12.[Li+]. The molecule has 0 unspecified atom stereocenters. The number of aromatic carboxylic acids is 1. The maximum Gasteiger partial charge on any atom is 1.00 e. The van der Waals surface area contributed by atoms with E-state index in [1.54, 1.807) is 23.1 Å². The van der Waals surface area contributed by atoms with E-state index in [0.29, 0.717) is 11.9 Å². The summed E-state index contributed by atoms with van der Waals surface area (Å²) in [5, 5.41) is 16.6. The summed E-state index contributed by atoms with van der Waals surface area (Å²) < 4.78 is 1.80. The second kappa shape index (κ2) is 7.79. The number of hydrogen-bond acceptors (Lipinski definition) is 4. The van der Waals surface area contributed by atoms with Crippen LogP contribution in [0.25, 0.3) is 16.6 Å². The zero-order valence-corrected chi connectivity index (χ0v) is 15.2. The van der Waals surface area contributed by atoms with Crippen molar-refractivity contribution < 1.29 is 28.8 Å². The number of carbonyl (C=O) groups is 1. The number of pyridine rings is 1. The van der Waals surface area contributed by atoms with Crippen LogP contribution in [-0.4, -0.2) is 20.7 Å². The third-order valence-electron chi connectivity index (χ3n) is 4.59. The third kappa shape index (κ3) is 3.66. The van der Waals surface area contributed by atoms with Crippen molar-refractivity contribution in [3.05, 3.63) is 89.4 Å². The Balaban J connectivity index is 0.00000210. The van der Waals surface area contributed by atoms with Gasteiger partial charge in [-0.15, -0.1) is 0 Å². The van der Waals surface area contributed by atoms with Crippen LogP contribution in [0.3, 0.4) is 0 Å².